The number of nitrogens with one attached hydrogen (secondary N) is 2. The molecule has 1 heterocycles. The van der Waals surface area contributed by atoms with Gasteiger partial charge in [0.25, 0.3) is 0 Å². The van der Waals surface area contributed by atoms with Crippen molar-refractivity contribution < 1.29 is 19.0 Å². The zero-order valence-electron chi connectivity index (χ0n) is 14.9. The van der Waals surface area contributed by atoms with E-state index in [9.17, 15) is 14.3 Å². The molecule has 2 aromatic rings. The number of phenolic OH excluding ortho intramolecular Hbond substituents is 1. The summed E-state index contributed by atoms with van der Waals surface area (Å²) in [6.45, 7) is 0.586. The van der Waals surface area contributed by atoms with Gasteiger partial charge in [-0.05, 0) is 41.7 Å². The van der Waals surface area contributed by atoms with Gasteiger partial charge in [-0.1, -0.05) is 30.3 Å². The Morgan fingerprint density at radius 1 is 1.22 bits per heavy atom. The Morgan fingerprint density at radius 3 is 2.78 bits per heavy atom. The first-order valence-electron chi connectivity index (χ1n) is 8.83. The highest BCUT2D eigenvalue weighted by Gasteiger charge is 2.27. The monoisotopic (exact) mass is 390 g/mol. The van der Waals surface area contributed by atoms with Crippen molar-refractivity contribution in [1.82, 2.24) is 10.6 Å². The lowest BCUT2D eigenvalue weighted by Crippen LogP contribution is -2.39. The summed E-state index contributed by atoms with van der Waals surface area (Å²) in [5.41, 5.74) is 1.80. The summed E-state index contributed by atoms with van der Waals surface area (Å²) in [5, 5.41) is 16.3. The van der Waals surface area contributed by atoms with Gasteiger partial charge in [-0.3, -0.25) is 10.1 Å². The summed E-state index contributed by atoms with van der Waals surface area (Å²) < 4.78 is 18.2. The Kier molecular flexibility index (Phi) is 7.09. The normalized spacial score (nSPS) is 19.1. The zero-order chi connectivity index (χ0) is 19.1. The molecule has 1 aliphatic rings. The number of phenols is 1. The Hall–Kier alpha value is -2.09. The average Bonchev–Trinajstić information content (AvgIpc) is 3.12. The highest BCUT2D eigenvalue weighted by Crippen LogP contribution is 2.39. The Morgan fingerprint density at radius 2 is 2.00 bits per heavy atom. The quantitative estimate of drug-likeness (QED) is 0.605. The third-order valence-electron chi connectivity index (χ3n) is 4.40. The van der Waals surface area contributed by atoms with Crippen LogP contribution in [0.4, 0.5) is 4.39 Å². The molecule has 1 aliphatic heterocycles. The SMILES string of the molecule is O=C(COCc1ccc(F)cc1)NCNC1CC(c2ccccc2O)CS1. The van der Waals surface area contributed by atoms with E-state index in [0.29, 0.717) is 18.3 Å². The van der Waals surface area contributed by atoms with Crippen molar-refractivity contribution in [2.45, 2.75) is 24.3 Å². The second kappa shape index (κ2) is 9.73. The number of hydrogen-bond donors (Lipinski definition) is 3. The third kappa shape index (κ3) is 5.95. The van der Waals surface area contributed by atoms with E-state index in [-0.39, 0.29) is 30.3 Å². The highest BCUT2D eigenvalue weighted by atomic mass is 32.2. The van der Waals surface area contributed by atoms with Crippen molar-refractivity contribution in [3.05, 3.63) is 65.5 Å². The number of rotatable bonds is 8. The van der Waals surface area contributed by atoms with Crippen LogP contribution in [0.3, 0.4) is 0 Å². The van der Waals surface area contributed by atoms with E-state index in [4.69, 9.17) is 4.74 Å². The molecule has 3 N–H and O–H groups in total. The molecular formula is C20H23FN2O3S. The molecule has 0 saturated carbocycles. The lowest BCUT2D eigenvalue weighted by Gasteiger charge is -2.14. The molecule has 0 spiro atoms. The van der Waals surface area contributed by atoms with Gasteiger partial charge >= 0.3 is 0 Å². The molecule has 0 radical (unpaired) electrons. The maximum Gasteiger partial charge on any atom is 0.247 e. The summed E-state index contributed by atoms with van der Waals surface area (Å²) in [6.07, 6.45) is 0.902. The van der Waals surface area contributed by atoms with E-state index in [2.05, 4.69) is 10.6 Å². The van der Waals surface area contributed by atoms with Crippen molar-refractivity contribution in [3.8, 4) is 5.75 Å². The minimum atomic E-state index is -0.294. The summed E-state index contributed by atoms with van der Waals surface area (Å²) in [5.74, 6) is 1.09. The molecule has 2 unspecified atom stereocenters. The molecule has 1 amide bonds. The molecule has 1 fully saturated rings. The van der Waals surface area contributed by atoms with Crippen molar-refractivity contribution in [3.63, 3.8) is 0 Å². The van der Waals surface area contributed by atoms with Crippen LogP contribution in [0.25, 0.3) is 0 Å². The molecule has 27 heavy (non-hydrogen) atoms. The molecule has 144 valence electrons. The molecule has 0 aliphatic carbocycles. The summed E-state index contributed by atoms with van der Waals surface area (Å²) in [6, 6.07) is 13.4. The Labute approximate surface area is 162 Å². The van der Waals surface area contributed by atoms with Crippen LogP contribution >= 0.6 is 11.8 Å². The number of aromatic hydroxyl groups is 1. The van der Waals surface area contributed by atoms with Crippen LogP contribution in [-0.2, 0) is 16.1 Å². The maximum absolute atomic E-state index is 12.8. The minimum absolute atomic E-state index is 0.0443. The number of amides is 1. The van der Waals surface area contributed by atoms with Crippen LogP contribution < -0.4 is 10.6 Å². The molecule has 2 aromatic carbocycles. The second-order valence-corrected chi connectivity index (χ2v) is 7.65. The van der Waals surface area contributed by atoms with Gasteiger partial charge in [-0.2, -0.15) is 0 Å². The van der Waals surface area contributed by atoms with Crippen LogP contribution in [-0.4, -0.2) is 35.4 Å². The molecule has 2 atom stereocenters. The summed E-state index contributed by atoms with van der Waals surface area (Å²) in [7, 11) is 0. The van der Waals surface area contributed by atoms with E-state index < -0.39 is 0 Å². The number of carbonyl (C=O) groups is 1. The lowest BCUT2D eigenvalue weighted by atomic mass is 9.97. The molecule has 0 bridgehead atoms. The molecule has 0 aromatic heterocycles. The van der Waals surface area contributed by atoms with Crippen LogP contribution in [0.1, 0.15) is 23.5 Å². The Balaban J connectivity index is 1.31. The second-order valence-electron chi connectivity index (χ2n) is 6.41. The zero-order valence-corrected chi connectivity index (χ0v) is 15.7. The van der Waals surface area contributed by atoms with E-state index in [1.165, 1.54) is 12.1 Å². The number of thioether (sulfide) groups is 1. The molecular weight excluding hydrogens is 367 g/mol. The molecule has 3 rings (SSSR count). The minimum Gasteiger partial charge on any atom is -0.508 e. The number of halogens is 1. The van der Waals surface area contributed by atoms with Crippen LogP contribution in [0.5, 0.6) is 5.75 Å². The molecule has 5 nitrogen and oxygen atoms in total. The van der Waals surface area contributed by atoms with Gasteiger partial charge < -0.3 is 15.2 Å². The number of carbonyl (C=O) groups excluding carboxylic acids is 1. The van der Waals surface area contributed by atoms with Gasteiger partial charge in [0.2, 0.25) is 5.91 Å². The predicted octanol–water partition coefficient (Wildman–Crippen LogP) is 2.96. The molecule has 1 saturated heterocycles. The van der Waals surface area contributed by atoms with E-state index in [1.807, 2.05) is 18.2 Å². The average molecular weight is 390 g/mol. The van der Waals surface area contributed by atoms with E-state index in [0.717, 1.165) is 23.3 Å². The smallest absolute Gasteiger partial charge is 0.247 e. The fourth-order valence-electron chi connectivity index (χ4n) is 2.98. The largest absolute Gasteiger partial charge is 0.508 e. The fraction of sp³-hybridized carbons (Fsp3) is 0.350. The van der Waals surface area contributed by atoms with Crippen molar-refractivity contribution >= 4 is 17.7 Å². The van der Waals surface area contributed by atoms with Gasteiger partial charge in [0, 0.05) is 5.75 Å². The first kappa shape index (κ1) is 19.7. The van der Waals surface area contributed by atoms with Gasteiger partial charge in [-0.15, -0.1) is 11.8 Å². The summed E-state index contributed by atoms with van der Waals surface area (Å²) >= 11 is 1.79. The first-order chi connectivity index (χ1) is 13.1. The number of hydrogen-bond acceptors (Lipinski definition) is 5. The van der Waals surface area contributed by atoms with Gasteiger partial charge in [0.05, 0.1) is 18.6 Å². The maximum atomic E-state index is 12.8. The third-order valence-corrected chi connectivity index (χ3v) is 5.76. The van der Waals surface area contributed by atoms with Gasteiger partial charge in [-0.25, -0.2) is 4.39 Å². The van der Waals surface area contributed by atoms with Crippen LogP contribution in [0.2, 0.25) is 0 Å². The Bertz CT molecular complexity index is 757. The predicted molar refractivity (Wildman–Crippen MR) is 104 cm³/mol. The van der Waals surface area contributed by atoms with Crippen molar-refractivity contribution in [1.29, 1.82) is 0 Å². The first-order valence-corrected chi connectivity index (χ1v) is 9.88. The number of para-hydroxylation sites is 1. The van der Waals surface area contributed by atoms with Crippen molar-refractivity contribution in [2.75, 3.05) is 19.0 Å². The topological polar surface area (TPSA) is 70.6 Å². The van der Waals surface area contributed by atoms with Gasteiger partial charge in [0.15, 0.2) is 0 Å². The van der Waals surface area contributed by atoms with Gasteiger partial charge in [0.1, 0.15) is 18.2 Å². The molecule has 7 heteroatoms. The lowest BCUT2D eigenvalue weighted by molar-refractivity contribution is -0.126. The number of ether oxygens (including phenoxy) is 1. The number of benzene rings is 2. The van der Waals surface area contributed by atoms with Crippen LogP contribution in [0, 0.1) is 5.82 Å². The van der Waals surface area contributed by atoms with Crippen LogP contribution in [0.15, 0.2) is 48.5 Å². The highest BCUT2D eigenvalue weighted by molar-refractivity contribution is 8.00. The van der Waals surface area contributed by atoms with Crippen molar-refractivity contribution in [2.24, 2.45) is 0 Å². The fourth-order valence-corrected chi connectivity index (χ4v) is 4.33. The standard InChI is InChI=1S/C20H23FN2O3S/c21-16-7-5-14(6-8-16)10-26-11-19(25)22-13-23-20-9-15(12-27-20)17-3-1-2-4-18(17)24/h1-8,15,20,23-24H,9-13H2,(H,22,25). The van der Waals surface area contributed by atoms with E-state index in [1.54, 1.807) is 30.0 Å². The summed E-state index contributed by atoms with van der Waals surface area (Å²) in [4.78, 5) is 11.8. The van der Waals surface area contributed by atoms with E-state index >= 15 is 0 Å².